The molecule has 3 rings (SSSR count). The number of benzene rings is 1. The number of aryl methyl sites for hydroxylation is 2. The maximum atomic E-state index is 12.6. The van der Waals surface area contributed by atoms with Crippen LogP contribution in [0.25, 0.3) is 5.69 Å². The van der Waals surface area contributed by atoms with Gasteiger partial charge in [0.25, 0.3) is 5.91 Å². The molecule has 1 aromatic carbocycles. The van der Waals surface area contributed by atoms with Crippen molar-refractivity contribution in [3.63, 3.8) is 0 Å². The van der Waals surface area contributed by atoms with Gasteiger partial charge in [-0.05, 0) is 44.0 Å². The van der Waals surface area contributed by atoms with Gasteiger partial charge in [-0.1, -0.05) is 6.07 Å². The number of nitrogens with one attached hydrogen (secondary N) is 1. The van der Waals surface area contributed by atoms with Crippen LogP contribution >= 0.6 is 0 Å². The monoisotopic (exact) mass is 298 g/mol. The molecule has 1 aromatic heterocycles. The number of aromatic nitrogens is 2. The maximum Gasteiger partial charge on any atom is 0.257 e. The third-order valence-corrected chi connectivity index (χ3v) is 4.38. The first-order chi connectivity index (χ1) is 10.6. The molecule has 1 aliphatic heterocycles. The van der Waals surface area contributed by atoms with E-state index in [1.54, 1.807) is 6.20 Å². The van der Waals surface area contributed by atoms with Crippen molar-refractivity contribution in [2.24, 2.45) is 0 Å². The summed E-state index contributed by atoms with van der Waals surface area (Å²) in [5.74, 6) is 0.0779. The van der Waals surface area contributed by atoms with Crippen molar-refractivity contribution in [1.82, 2.24) is 20.0 Å². The van der Waals surface area contributed by atoms with Gasteiger partial charge in [-0.2, -0.15) is 5.10 Å². The first-order valence-corrected chi connectivity index (χ1v) is 7.70. The molecule has 0 radical (unpaired) electrons. The highest BCUT2D eigenvalue weighted by Crippen LogP contribution is 2.18. The molecule has 2 heterocycles. The van der Waals surface area contributed by atoms with Crippen LogP contribution in [0.1, 0.15) is 27.2 Å². The lowest BCUT2D eigenvalue weighted by atomic mass is 10.1. The lowest BCUT2D eigenvalue weighted by molar-refractivity contribution is 0.0735. The van der Waals surface area contributed by atoms with Crippen molar-refractivity contribution in [3.8, 4) is 5.69 Å². The molecule has 0 atom stereocenters. The topological polar surface area (TPSA) is 50.2 Å². The van der Waals surface area contributed by atoms with Crippen LogP contribution in [0.4, 0.5) is 0 Å². The minimum Gasteiger partial charge on any atom is -0.336 e. The predicted molar refractivity (Wildman–Crippen MR) is 86.5 cm³/mol. The van der Waals surface area contributed by atoms with Crippen LogP contribution in [0.15, 0.2) is 24.4 Å². The second-order valence-corrected chi connectivity index (χ2v) is 5.87. The molecule has 116 valence electrons. The number of piperazine rings is 1. The number of hydrogen-bond donors (Lipinski definition) is 1. The number of hydrogen-bond acceptors (Lipinski definition) is 3. The summed E-state index contributed by atoms with van der Waals surface area (Å²) in [4.78, 5) is 14.5. The van der Waals surface area contributed by atoms with Gasteiger partial charge in [0, 0.05) is 26.2 Å². The van der Waals surface area contributed by atoms with Gasteiger partial charge >= 0.3 is 0 Å². The summed E-state index contributed by atoms with van der Waals surface area (Å²) >= 11 is 0. The Bertz CT molecular complexity index is 699. The van der Waals surface area contributed by atoms with Crippen molar-refractivity contribution in [1.29, 1.82) is 0 Å². The van der Waals surface area contributed by atoms with Gasteiger partial charge in [-0.25, -0.2) is 4.68 Å². The molecule has 5 nitrogen and oxygen atoms in total. The van der Waals surface area contributed by atoms with Gasteiger partial charge in [0.2, 0.25) is 0 Å². The maximum absolute atomic E-state index is 12.6. The Morgan fingerprint density at radius 3 is 2.55 bits per heavy atom. The molecule has 22 heavy (non-hydrogen) atoms. The second kappa shape index (κ2) is 5.93. The molecule has 5 heteroatoms. The third-order valence-electron chi connectivity index (χ3n) is 4.38. The average molecular weight is 298 g/mol. The molecule has 0 aliphatic carbocycles. The van der Waals surface area contributed by atoms with E-state index in [0.29, 0.717) is 5.56 Å². The van der Waals surface area contributed by atoms with E-state index in [-0.39, 0.29) is 5.91 Å². The van der Waals surface area contributed by atoms with Crippen molar-refractivity contribution in [2.75, 3.05) is 26.2 Å². The minimum absolute atomic E-state index is 0.0779. The molecular formula is C17H22N4O. The van der Waals surface area contributed by atoms with Gasteiger partial charge in [0.15, 0.2) is 0 Å². The molecule has 0 bridgehead atoms. The van der Waals surface area contributed by atoms with Crippen molar-refractivity contribution in [2.45, 2.75) is 20.8 Å². The molecule has 0 unspecified atom stereocenters. The fraction of sp³-hybridized carbons (Fsp3) is 0.412. The summed E-state index contributed by atoms with van der Waals surface area (Å²) < 4.78 is 1.85. The SMILES string of the molecule is Cc1ccc(-n2ncc(C(=O)N3CCNCC3)c2C)cc1C. The summed E-state index contributed by atoms with van der Waals surface area (Å²) in [5.41, 5.74) is 5.07. The Kier molecular flexibility index (Phi) is 3.98. The van der Waals surface area contributed by atoms with Gasteiger partial charge in [-0.3, -0.25) is 4.79 Å². The van der Waals surface area contributed by atoms with Crippen LogP contribution in [0.2, 0.25) is 0 Å². The Labute approximate surface area is 130 Å². The van der Waals surface area contributed by atoms with Crippen LogP contribution in [0.3, 0.4) is 0 Å². The van der Waals surface area contributed by atoms with Crippen LogP contribution < -0.4 is 5.32 Å². The molecule has 1 amide bonds. The molecule has 1 aliphatic rings. The zero-order chi connectivity index (χ0) is 15.7. The highest BCUT2D eigenvalue weighted by molar-refractivity contribution is 5.95. The Hall–Kier alpha value is -2.14. The van der Waals surface area contributed by atoms with Crippen LogP contribution in [-0.2, 0) is 0 Å². The van der Waals surface area contributed by atoms with E-state index in [1.165, 1.54) is 11.1 Å². The molecule has 0 spiro atoms. The Morgan fingerprint density at radius 2 is 1.86 bits per heavy atom. The zero-order valence-electron chi connectivity index (χ0n) is 13.4. The van der Waals surface area contributed by atoms with Gasteiger partial charge in [-0.15, -0.1) is 0 Å². The van der Waals surface area contributed by atoms with E-state index in [9.17, 15) is 4.79 Å². The van der Waals surface area contributed by atoms with Gasteiger partial charge in [0.05, 0.1) is 23.1 Å². The van der Waals surface area contributed by atoms with Crippen molar-refractivity contribution >= 4 is 5.91 Å². The van der Waals surface area contributed by atoms with Gasteiger partial charge in [0.1, 0.15) is 0 Å². The van der Waals surface area contributed by atoms with E-state index in [0.717, 1.165) is 37.6 Å². The zero-order valence-corrected chi connectivity index (χ0v) is 13.4. The summed E-state index contributed by atoms with van der Waals surface area (Å²) in [6.07, 6.45) is 1.69. The molecule has 1 N–H and O–H groups in total. The van der Waals surface area contributed by atoms with Crippen LogP contribution in [0.5, 0.6) is 0 Å². The first kappa shape index (κ1) is 14.8. The summed E-state index contributed by atoms with van der Waals surface area (Å²) in [6.45, 7) is 9.36. The van der Waals surface area contributed by atoms with E-state index >= 15 is 0 Å². The largest absolute Gasteiger partial charge is 0.336 e. The summed E-state index contributed by atoms with van der Waals surface area (Å²) in [5, 5.41) is 7.69. The predicted octanol–water partition coefficient (Wildman–Crippen LogP) is 1.84. The number of rotatable bonds is 2. The lowest BCUT2D eigenvalue weighted by Gasteiger charge is -2.27. The van der Waals surface area contributed by atoms with Crippen molar-refractivity contribution < 1.29 is 4.79 Å². The van der Waals surface area contributed by atoms with Crippen LogP contribution in [-0.4, -0.2) is 46.8 Å². The van der Waals surface area contributed by atoms with E-state index in [2.05, 4.69) is 36.4 Å². The van der Waals surface area contributed by atoms with Crippen LogP contribution in [0, 0.1) is 20.8 Å². The Balaban J connectivity index is 1.91. The average Bonchev–Trinajstić information content (AvgIpc) is 2.92. The van der Waals surface area contributed by atoms with E-state index in [4.69, 9.17) is 0 Å². The molecule has 2 aromatic rings. The highest BCUT2D eigenvalue weighted by Gasteiger charge is 2.22. The van der Waals surface area contributed by atoms with Gasteiger partial charge < -0.3 is 10.2 Å². The molecule has 1 saturated heterocycles. The smallest absolute Gasteiger partial charge is 0.257 e. The fourth-order valence-electron chi connectivity index (χ4n) is 2.78. The highest BCUT2D eigenvalue weighted by atomic mass is 16.2. The molecule has 1 fully saturated rings. The number of nitrogens with zero attached hydrogens (tertiary/aromatic N) is 3. The fourth-order valence-corrected chi connectivity index (χ4v) is 2.78. The standard InChI is InChI=1S/C17H22N4O/c1-12-4-5-15(10-13(12)2)21-14(3)16(11-19-21)17(22)20-8-6-18-7-9-20/h4-5,10-11,18H,6-9H2,1-3H3. The minimum atomic E-state index is 0.0779. The quantitative estimate of drug-likeness (QED) is 0.920. The normalized spacial score (nSPS) is 15.1. The number of carbonyl (C=O) groups is 1. The summed E-state index contributed by atoms with van der Waals surface area (Å²) in [7, 11) is 0. The molecule has 0 saturated carbocycles. The summed E-state index contributed by atoms with van der Waals surface area (Å²) in [6, 6.07) is 6.24. The van der Waals surface area contributed by atoms with E-state index in [1.807, 2.05) is 22.6 Å². The first-order valence-electron chi connectivity index (χ1n) is 7.70. The second-order valence-electron chi connectivity index (χ2n) is 5.87. The number of carbonyl (C=O) groups excluding carboxylic acids is 1. The molecular weight excluding hydrogens is 276 g/mol. The third kappa shape index (κ3) is 2.64. The Morgan fingerprint density at radius 1 is 1.14 bits per heavy atom. The van der Waals surface area contributed by atoms with E-state index < -0.39 is 0 Å². The van der Waals surface area contributed by atoms with Crippen molar-refractivity contribution in [3.05, 3.63) is 46.8 Å². The number of amides is 1. The lowest BCUT2D eigenvalue weighted by Crippen LogP contribution is -2.46.